The van der Waals surface area contributed by atoms with E-state index in [2.05, 4.69) is 10.3 Å². The van der Waals surface area contributed by atoms with Crippen LogP contribution in [0.2, 0.25) is 5.02 Å². The maximum atomic E-state index is 15.2. The van der Waals surface area contributed by atoms with Gasteiger partial charge in [-0.25, -0.2) is 4.39 Å². The molecule has 1 aromatic heterocycles. The summed E-state index contributed by atoms with van der Waals surface area (Å²) in [5, 5.41) is 3.20. The van der Waals surface area contributed by atoms with Gasteiger partial charge in [-0.05, 0) is 31.5 Å². The number of ketones is 1. The zero-order valence-electron chi connectivity index (χ0n) is 14.6. The van der Waals surface area contributed by atoms with Gasteiger partial charge in [0.2, 0.25) is 11.7 Å². The van der Waals surface area contributed by atoms with Gasteiger partial charge in [-0.15, -0.1) is 0 Å². The Kier molecular flexibility index (Phi) is 6.83. The lowest BCUT2D eigenvalue weighted by atomic mass is 9.97. The first-order chi connectivity index (χ1) is 12.3. The normalized spacial score (nSPS) is 13.2. The fourth-order valence-electron chi connectivity index (χ4n) is 2.80. The summed E-state index contributed by atoms with van der Waals surface area (Å²) < 4.78 is 15.2. The third-order valence-corrected chi connectivity index (χ3v) is 4.34. The molecule has 0 aliphatic carbocycles. The van der Waals surface area contributed by atoms with Crippen molar-refractivity contribution in [3.8, 4) is 0 Å². The average Bonchev–Trinajstić information content (AvgIpc) is 2.60. The van der Waals surface area contributed by atoms with Crippen molar-refractivity contribution in [3.63, 3.8) is 0 Å². The SMILES string of the molecule is CC[C@@H](N[C@H](C)CC(N)=O)c1ccc(Cl)c(C(=O)c2ccccn2)c1F. The highest BCUT2D eigenvalue weighted by atomic mass is 35.5. The molecule has 0 radical (unpaired) electrons. The molecule has 0 aliphatic heterocycles. The van der Waals surface area contributed by atoms with E-state index in [0.29, 0.717) is 12.0 Å². The molecule has 0 spiro atoms. The molecular weight excluding hydrogens is 357 g/mol. The van der Waals surface area contributed by atoms with Gasteiger partial charge in [0, 0.05) is 30.3 Å². The number of carbonyl (C=O) groups is 2. The van der Waals surface area contributed by atoms with Gasteiger partial charge in [0.15, 0.2) is 0 Å². The molecular formula is C19H21ClFN3O2. The lowest BCUT2D eigenvalue weighted by Crippen LogP contribution is -2.34. The van der Waals surface area contributed by atoms with Crippen LogP contribution >= 0.6 is 11.6 Å². The van der Waals surface area contributed by atoms with E-state index in [9.17, 15) is 9.59 Å². The smallest absolute Gasteiger partial charge is 0.218 e. The molecule has 1 aromatic carbocycles. The zero-order chi connectivity index (χ0) is 19.3. The van der Waals surface area contributed by atoms with Crippen molar-refractivity contribution in [2.75, 3.05) is 0 Å². The summed E-state index contributed by atoms with van der Waals surface area (Å²) in [4.78, 5) is 27.7. The van der Waals surface area contributed by atoms with Crippen LogP contribution in [0.15, 0.2) is 36.5 Å². The number of aromatic nitrogens is 1. The lowest BCUT2D eigenvalue weighted by Gasteiger charge is -2.23. The summed E-state index contributed by atoms with van der Waals surface area (Å²) in [6.45, 7) is 3.67. The van der Waals surface area contributed by atoms with E-state index < -0.39 is 23.5 Å². The number of pyridine rings is 1. The summed E-state index contributed by atoms with van der Waals surface area (Å²) in [5.41, 5.74) is 5.43. The molecule has 5 nitrogen and oxygen atoms in total. The van der Waals surface area contributed by atoms with Gasteiger partial charge in [0.1, 0.15) is 11.5 Å². The van der Waals surface area contributed by atoms with Gasteiger partial charge in [-0.3, -0.25) is 14.6 Å². The first-order valence-corrected chi connectivity index (χ1v) is 8.70. The van der Waals surface area contributed by atoms with Crippen LogP contribution in [0.4, 0.5) is 4.39 Å². The molecule has 0 bridgehead atoms. The second kappa shape index (κ2) is 8.87. The number of nitrogens with two attached hydrogens (primary N) is 1. The molecule has 138 valence electrons. The number of nitrogens with one attached hydrogen (secondary N) is 1. The lowest BCUT2D eigenvalue weighted by molar-refractivity contribution is -0.118. The summed E-state index contributed by atoms with van der Waals surface area (Å²) in [6, 6.07) is 7.25. The second-order valence-electron chi connectivity index (χ2n) is 6.07. The van der Waals surface area contributed by atoms with E-state index in [4.69, 9.17) is 17.3 Å². The minimum absolute atomic E-state index is 0.0296. The first kappa shape index (κ1) is 20.0. The summed E-state index contributed by atoms with van der Waals surface area (Å²) in [5.74, 6) is -1.70. The molecule has 0 aliphatic rings. The minimum atomic E-state index is -0.682. The molecule has 7 heteroatoms. The Morgan fingerprint density at radius 2 is 2.04 bits per heavy atom. The predicted octanol–water partition coefficient (Wildman–Crippen LogP) is 3.41. The second-order valence-corrected chi connectivity index (χ2v) is 6.48. The van der Waals surface area contributed by atoms with Crippen molar-refractivity contribution >= 4 is 23.3 Å². The van der Waals surface area contributed by atoms with Gasteiger partial charge in [0.05, 0.1) is 10.6 Å². The average molecular weight is 378 g/mol. The van der Waals surface area contributed by atoms with E-state index in [-0.39, 0.29) is 28.7 Å². The molecule has 2 atom stereocenters. The fourth-order valence-corrected chi connectivity index (χ4v) is 3.03. The summed E-state index contributed by atoms with van der Waals surface area (Å²) in [7, 11) is 0. The van der Waals surface area contributed by atoms with Gasteiger partial charge >= 0.3 is 0 Å². The van der Waals surface area contributed by atoms with Crippen LogP contribution in [0.3, 0.4) is 0 Å². The van der Waals surface area contributed by atoms with Crippen LogP contribution in [0.1, 0.15) is 54.3 Å². The number of rotatable bonds is 8. The molecule has 1 heterocycles. The van der Waals surface area contributed by atoms with Crippen molar-refractivity contribution < 1.29 is 14.0 Å². The van der Waals surface area contributed by atoms with E-state index >= 15 is 4.39 Å². The maximum Gasteiger partial charge on any atom is 0.218 e. The fraction of sp³-hybridized carbons (Fsp3) is 0.316. The molecule has 0 saturated heterocycles. The third kappa shape index (κ3) is 4.65. The largest absolute Gasteiger partial charge is 0.370 e. The van der Waals surface area contributed by atoms with Gasteiger partial charge in [0.25, 0.3) is 0 Å². The molecule has 0 fully saturated rings. The Bertz CT molecular complexity index is 799. The maximum absolute atomic E-state index is 15.2. The number of hydrogen-bond acceptors (Lipinski definition) is 4. The van der Waals surface area contributed by atoms with Crippen LogP contribution in [-0.4, -0.2) is 22.7 Å². The first-order valence-electron chi connectivity index (χ1n) is 8.33. The highest BCUT2D eigenvalue weighted by Gasteiger charge is 2.25. The van der Waals surface area contributed by atoms with Crippen molar-refractivity contribution in [1.82, 2.24) is 10.3 Å². The number of hydrogen-bond donors (Lipinski definition) is 2. The standard InChI is InChI=1S/C19H21ClFN3O2/c1-3-14(24-11(2)10-16(22)25)12-7-8-13(20)17(18(12)21)19(26)15-6-4-5-9-23-15/h4-9,11,14,24H,3,10H2,1-2H3,(H2,22,25)/t11-,14-/m1/s1. The van der Waals surface area contributed by atoms with Crippen LogP contribution in [0.25, 0.3) is 0 Å². The molecule has 2 aromatic rings. The highest BCUT2D eigenvalue weighted by molar-refractivity contribution is 6.35. The van der Waals surface area contributed by atoms with Crippen molar-refractivity contribution in [1.29, 1.82) is 0 Å². The van der Waals surface area contributed by atoms with Gasteiger partial charge in [-0.1, -0.05) is 30.7 Å². The van der Waals surface area contributed by atoms with E-state index in [1.165, 1.54) is 18.3 Å². The highest BCUT2D eigenvalue weighted by Crippen LogP contribution is 2.29. The number of halogens is 2. The zero-order valence-corrected chi connectivity index (χ0v) is 15.4. The quantitative estimate of drug-likeness (QED) is 0.690. The summed E-state index contributed by atoms with van der Waals surface area (Å²) in [6.07, 6.45) is 2.15. The Morgan fingerprint density at radius 1 is 1.31 bits per heavy atom. The van der Waals surface area contributed by atoms with Crippen LogP contribution in [0.5, 0.6) is 0 Å². The monoisotopic (exact) mass is 377 g/mol. The van der Waals surface area contributed by atoms with Gasteiger partial charge < -0.3 is 11.1 Å². The Hall–Kier alpha value is -2.31. The molecule has 26 heavy (non-hydrogen) atoms. The molecule has 0 unspecified atom stereocenters. The van der Waals surface area contributed by atoms with E-state index in [1.54, 1.807) is 25.1 Å². The van der Waals surface area contributed by atoms with Gasteiger partial charge in [-0.2, -0.15) is 0 Å². The Balaban J connectivity index is 2.38. The molecule has 2 rings (SSSR count). The third-order valence-electron chi connectivity index (χ3n) is 4.02. The molecule has 0 saturated carbocycles. The molecule has 3 N–H and O–H groups in total. The minimum Gasteiger partial charge on any atom is -0.370 e. The van der Waals surface area contributed by atoms with Crippen molar-refractivity contribution in [3.05, 3.63) is 64.2 Å². The number of amides is 1. The number of primary amides is 1. The van der Waals surface area contributed by atoms with Crippen molar-refractivity contribution in [2.24, 2.45) is 5.73 Å². The van der Waals surface area contributed by atoms with E-state index in [0.717, 1.165) is 0 Å². The van der Waals surface area contributed by atoms with E-state index in [1.807, 2.05) is 6.92 Å². The number of benzene rings is 1. The predicted molar refractivity (Wildman–Crippen MR) is 98.5 cm³/mol. The Labute approximate surface area is 156 Å². The van der Waals surface area contributed by atoms with Crippen LogP contribution in [0, 0.1) is 5.82 Å². The Morgan fingerprint density at radius 3 is 2.62 bits per heavy atom. The summed E-state index contributed by atoms with van der Waals surface area (Å²) >= 11 is 6.10. The van der Waals surface area contributed by atoms with Crippen LogP contribution < -0.4 is 11.1 Å². The van der Waals surface area contributed by atoms with Crippen LogP contribution in [-0.2, 0) is 4.79 Å². The van der Waals surface area contributed by atoms with Crippen molar-refractivity contribution in [2.45, 2.75) is 38.8 Å². The number of carbonyl (C=O) groups excluding carboxylic acids is 2. The topological polar surface area (TPSA) is 85.1 Å². The molecule has 1 amide bonds. The number of nitrogens with zero attached hydrogens (tertiary/aromatic N) is 1.